The average molecular weight is 502 g/mol. The van der Waals surface area contributed by atoms with Gasteiger partial charge in [-0.15, -0.1) is 0 Å². The number of nitrogens with one attached hydrogen (secondary N) is 1. The zero-order valence-electron chi connectivity index (χ0n) is 19.3. The molecule has 1 aromatic heterocycles. The Balaban J connectivity index is 1.44. The molecule has 1 aliphatic rings. The van der Waals surface area contributed by atoms with Crippen molar-refractivity contribution in [3.63, 3.8) is 0 Å². The van der Waals surface area contributed by atoms with E-state index in [0.29, 0.717) is 37.7 Å². The largest absolute Gasteiger partial charge is 0.494 e. The summed E-state index contributed by atoms with van der Waals surface area (Å²) < 4.78 is 37.6. The maximum absolute atomic E-state index is 12.8. The van der Waals surface area contributed by atoms with E-state index in [9.17, 15) is 13.2 Å². The summed E-state index contributed by atoms with van der Waals surface area (Å²) in [4.78, 5) is 17.7. The van der Waals surface area contributed by atoms with E-state index in [-0.39, 0.29) is 10.8 Å². The van der Waals surface area contributed by atoms with E-state index < -0.39 is 15.3 Å². The lowest BCUT2D eigenvalue weighted by molar-refractivity contribution is -0.115. The number of ether oxygens (including phenoxy) is 2. The minimum absolute atomic E-state index is 0.194. The number of pyridine rings is 1. The molecular formula is C24H27N3O5S2. The highest BCUT2D eigenvalue weighted by Crippen LogP contribution is 2.31. The fraction of sp³-hybridized carbons (Fsp3) is 0.333. The Bertz CT molecular complexity index is 1290. The lowest BCUT2D eigenvalue weighted by Gasteiger charge is -2.26. The van der Waals surface area contributed by atoms with Gasteiger partial charge in [0.25, 0.3) is 0 Å². The number of morpholine rings is 1. The van der Waals surface area contributed by atoms with Crippen LogP contribution in [0.1, 0.15) is 12.5 Å². The fourth-order valence-electron chi connectivity index (χ4n) is 3.71. The predicted molar refractivity (Wildman–Crippen MR) is 133 cm³/mol. The number of nitrogens with zero attached hydrogens (tertiary/aromatic N) is 2. The lowest BCUT2D eigenvalue weighted by Crippen LogP contribution is -2.40. The van der Waals surface area contributed by atoms with Crippen LogP contribution in [0, 0.1) is 6.92 Å². The van der Waals surface area contributed by atoms with Gasteiger partial charge in [0.1, 0.15) is 11.3 Å². The Morgan fingerprint density at radius 2 is 1.88 bits per heavy atom. The van der Waals surface area contributed by atoms with Crippen LogP contribution in [0.25, 0.3) is 10.9 Å². The average Bonchev–Trinajstić information content (AvgIpc) is 2.84. The van der Waals surface area contributed by atoms with E-state index in [2.05, 4.69) is 5.32 Å². The van der Waals surface area contributed by atoms with Crippen molar-refractivity contribution in [1.82, 2.24) is 9.29 Å². The number of aromatic nitrogens is 1. The number of hydrogen-bond donors (Lipinski definition) is 1. The number of thioether (sulfide) groups is 1. The Hall–Kier alpha value is -2.66. The van der Waals surface area contributed by atoms with E-state index in [0.717, 1.165) is 21.5 Å². The molecule has 1 atom stereocenters. The monoisotopic (exact) mass is 501 g/mol. The fourth-order valence-corrected chi connectivity index (χ4v) is 6.04. The summed E-state index contributed by atoms with van der Waals surface area (Å²) in [5.41, 5.74) is 2.34. The Morgan fingerprint density at radius 3 is 2.56 bits per heavy atom. The number of fused-ring (bicyclic) bond motifs is 1. The van der Waals surface area contributed by atoms with E-state index >= 15 is 0 Å². The van der Waals surface area contributed by atoms with Crippen molar-refractivity contribution in [2.24, 2.45) is 0 Å². The van der Waals surface area contributed by atoms with Crippen molar-refractivity contribution in [3.05, 3.63) is 54.1 Å². The van der Waals surface area contributed by atoms with Crippen molar-refractivity contribution < 1.29 is 22.7 Å². The summed E-state index contributed by atoms with van der Waals surface area (Å²) in [6.07, 6.45) is 0. The van der Waals surface area contributed by atoms with E-state index in [1.807, 2.05) is 31.2 Å². The summed E-state index contributed by atoms with van der Waals surface area (Å²) in [6.45, 7) is 5.27. The molecule has 10 heteroatoms. The van der Waals surface area contributed by atoms with Crippen LogP contribution in [-0.2, 0) is 19.6 Å². The van der Waals surface area contributed by atoms with Gasteiger partial charge in [-0.05, 0) is 55.8 Å². The van der Waals surface area contributed by atoms with Crippen LogP contribution in [0.4, 0.5) is 5.69 Å². The summed E-state index contributed by atoms with van der Waals surface area (Å²) in [5.74, 6) is 0.487. The molecule has 180 valence electrons. The molecule has 0 aliphatic carbocycles. The first-order valence-corrected chi connectivity index (χ1v) is 13.2. The highest BCUT2D eigenvalue weighted by Gasteiger charge is 2.26. The Morgan fingerprint density at radius 1 is 1.18 bits per heavy atom. The molecule has 8 nitrogen and oxygen atoms in total. The molecule has 3 aromatic rings. The van der Waals surface area contributed by atoms with Gasteiger partial charge in [0, 0.05) is 24.2 Å². The maximum atomic E-state index is 12.8. The first kappa shape index (κ1) is 24.5. The van der Waals surface area contributed by atoms with Crippen molar-refractivity contribution in [3.8, 4) is 5.75 Å². The number of carbonyl (C=O) groups is 1. The van der Waals surface area contributed by atoms with Crippen molar-refractivity contribution in [2.45, 2.75) is 29.0 Å². The molecule has 34 heavy (non-hydrogen) atoms. The summed E-state index contributed by atoms with van der Waals surface area (Å²) in [5, 5.41) is 4.17. The van der Waals surface area contributed by atoms with Crippen molar-refractivity contribution in [2.75, 3.05) is 38.7 Å². The number of anilines is 1. The second kappa shape index (κ2) is 10.3. The van der Waals surface area contributed by atoms with Crippen molar-refractivity contribution in [1.29, 1.82) is 0 Å². The van der Waals surface area contributed by atoms with Gasteiger partial charge in [0.2, 0.25) is 15.9 Å². The molecule has 2 aromatic carbocycles. The molecule has 1 unspecified atom stereocenters. The molecule has 0 radical (unpaired) electrons. The summed E-state index contributed by atoms with van der Waals surface area (Å²) in [7, 11) is -1.96. The van der Waals surface area contributed by atoms with Crippen LogP contribution in [-0.4, -0.2) is 62.3 Å². The van der Waals surface area contributed by atoms with Crippen LogP contribution in [0.5, 0.6) is 5.75 Å². The molecule has 0 bridgehead atoms. The standard InChI is InChI=1S/C24H27N3O5S2/c1-16-15-22(26-23-20(16)5-4-6-21(23)31-3)33-17(2)24(28)25-18-7-9-19(10-8-18)34(29,30)27-11-13-32-14-12-27/h4-10,15,17H,11-14H2,1-3H3,(H,25,28). The maximum Gasteiger partial charge on any atom is 0.243 e. The number of hydrogen-bond acceptors (Lipinski definition) is 7. The first-order chi connectivity index (χ1) is 16.3. The molecule has 2 heterocycles. The summed E-state index contributed by atoms with van der Waals surface area (Å²) >= 11 is 1.35. The van der Waals surface area contributed by atoms with E-state index in [4.69, 9.17) is 14.5 Å². The molecule has 4 rings (SSSR count). The van der Waals surface area contributed by atoms with Crippen molar-refractivity contribution >= 4 is 44.3 Å². The molecule has 0 spiro atoms. The molecule has 1 saturated heterocycles. The van der Waals surface area contributed by atoms with Gasteiger partial charge in [-0.1, -0.05) is 23.9 Å². The number of benzene rings is 2. The second-order valence-electron chi connectivity index (χ2n) is 7.92. The third-order valence-corrected chi connectivity index (χ3v) is 8.53. The van der Waals surface area contributed by atoms with Crippen LogP contribution in [0.2, 0.25) is 0 Å². The molecule has 1 N–H and O–H groups in total. The van der Waals surface area contributed by atoms with Gasteiger partial charge in [-0.2, -0.15) is 4.31 Å². The lowest BCUT2D eigenvalue weighted by atomic mass is 10.1. The van der Waals surface area contributed by atoms with E-state index in [1.54, 1.807) is 26.2 Å². The van der Waals surface area contributed by atoms with E-state index in [1.165, 1.54) is 28.2 Å². The zero-order valence-corrected chi connectivity index (χ0v) is 20.9. The number of amides is 1. The van der Waals surface area contributed by atoms with Crippen LogP contribution in [0.15, 0.2) is 58.5 Å². The van der Waals surface area contributed by atoms with Gasteiger partial charge >= 0.3 is 0 Å². The third kappa shape index (κ3) is 5.20. The van der Waals surface area contributed by atoms with Gasteiger partial charge in [-0.25, -0.2) is 13.4 Å². The normalized spacial score (nSPS) is 15.7. The summed E-state index contributed by atoms with van der Waals surface area (Å²) in [6, 6.07) is 14.0. The zero-order chi connectivity index (χ0) is 24.3. The quantitative estimate of drug-likeness (QED) is 0.493. The smallest absolute Gasteiger partial charge is 0.243 e. The second-order valence-corrected chi connectivity index (χ2v) is 11.2. The Labute approximate surface area is 203 Å². The molecule has 1 amide bonds. The topological polar surface area (TPSA) is 97.8 Å². The molecule has 0 saturated carbocycles. The minimum atomic E-state index is -3.57. The van der Waals surface area contributed by atoms with Gasteiger partial charge in [-0.3, -0.25) is 4.79 Å². The van der Waals surface area contributed by atoms with Gasteiger partial charge in [0.15, 0.2) is 0 Å². The number of aryl methyl sites for hydroxylation is 1. The highest BCUT2D eigenvalue weighted by molar-refractivity contribution is 8.00. The third-order valence-electron chi connectivity index (χ3n) is 5.60. The number of methoxy groups -OCH3 is 1. The molecule has 1 aliphatic heterocycles. The number of sulfonamides is 1. The SMILES string of the molecule is COc1cccc2c(C)cc(SC(C)C(=O)Nc3ccc(S(=O)(=O)N4CCOCC4)cc3)nc12. The number of para-hydroxylation sites is 1. The van der Waals surface area contributed by atoms with Crippen LogP contribution >= 0.6 is 11.8 Å². The number of carbonyl (C=O) groups excluding carboxylic acids is 1. The Kier molecular flexibility index (Phi) is 7.42. The number of rotatable bonds is 7. The predicted octanol–water partition coefficient (Wildman–Crippen LogP) is 3.69. The van der Waals surface area contributed by atoms with Gasteiger partial charge in [0.05, 0.1) is 35.5 Å². The first-order valence-electron chi connectivity index (χ1n) is 10.9. The highest BCUT2D eigenvalue weighted by atomic mass is 32.2. The van der Waals surface area contributed by atoms with Crippen LogP contribution in [0.3, 0.4) is 0 Å². The minimum Gasteiger partial charge on any atom is -0.494 e. The van der Waals surface area contributed by atoms with Crippen LogP contribution < -0.4 is 10.1 Å². The van der Waals surface area contributed by atoms with Gasteiger partial charge < -0.3 is 14.8 Å². The molecular weight excluding hydrogens is 474 g/mol. The molecule has 1 fully saturated rings.